The lowest BCUT2D eigenvalue weighted by atomic mass is 10.2. The van der Waals surface area contributed by atoms with Crippen LogP contribution in [-0.2, 0) is 7.05 Å². The summed E-state index contributed by atoms with van der Waals surface area (Å²) in [5, 5.41) is 1.48. The Bertz CT molecular complexity index is 473. The van der Waals surface area contributed by atoms with Crippen LogP contribution >= 0.6 is 11.6 Å². The van der Waals surface area contributed by atoms with Crippen molar-refractivity contribution in [1.82, 2.24) is 4.57 Å². The van der Waals surface area contributed by atoms with Gasteiger partial charge in [0.2, 0.25) is 0 Å². The van der Waals surface area contributed by atoms with E-state index < -0.39 is 0 Å². The third kappa shape index (κ3) is 1.05. The number of para-hydroxylation sites is 1. The van der Waals surface area contributed by atoms with Crippen LogP contribution in [0.25, 0.3) is 10.9 Å². The number of halogens is 2. The zero-order chi connectivity index (χ0) is 9.59. The molecule has 1 aromatic heterocycles. The molecule has 0 saturated carbocycles. The molecule has 3 heteroatoms. The summed E-state index contributed by atoms with van der Waals surface area (Å²) < 4.78 is 15.0. The molecule has 0 atom stereocenters. The van der Waals surface area contributed by atoms with Crippen LogP contribution < -0.4 is 0 Å². The smallest absolute Gasteiger partial charge is 0.147 e. The number of hydrogen-bond donors (Lipinski definition) is 0. The van der Waals surface area contributed by atoms with Gasteiger partial charge in [0.1, 0.15) is 11.0 Å². The number of aryl methyl sites for hydroxylation is 2. The molecule has 1 aromatic carbocycles. The summed E-state index contributed by atoms with van der Waals surface area (Å²) in [6.45, 7) is 1.89. The summed E-state index contributed by atoms with van der Waals surface area (Å²) in [4.78, 5) is 0. The van der Waals surface area contributed by atoms with Crippen molar-refractivity contribution in [3.63, 3.8) is 0 Å². The molecular weight excluding hydrogens is 189 g/mol. The highest BCUT2D eigenvalue weighted by Crippen LogP contribution is 2.29. The lowest BCUT2D eigenvalue weighted by Crippen LogP contribution is -1.89. The van der Waals surface area contributed by atoms with Crippen LogP contribution in [0, 0.1) is 12.7 Å². The van der Waals surface area contributed by atoms with E-state index in [4.69, 9.17) is 11.6 Å². The Balaban J connectivity index is 3.03. The van der Waals surface area contributed by atoms with Gasteiger partial charge in [-0.2, -0.15) is 0 Å². The van der Waals surface area contributed by atoms with Gasteiger partial charge in [-0.15, -0.1) is 0 Å². The second-order valence-electron chi connectivity index (χ2n) is 3.11. The topological polar surface area (TPSA) is 4.93 Å². The van der Waals surface area contributed by atoms with Crippen LogP contribution in [0.15, 0.2) is 18.2 Å². The Morgan fingerprint density at radius 3 is 2.69 bits per heavy atom. The van der Waals surface area contributed by atoms with Crippen LogP contribution in [-0.4, -0.2) is 4.57 Å². The van der Waals surface area contributed by atoms with Crippen LogP contribution in [0.1, 0.15) is 5.56 Å². The summed E-state index contributed by atoms with van der Waals surface area (Å²) >= 11 is 5.99. The maximum absolute atomic E-state index is 13.4. The van der Waals surface area contributed by atoms with Crippen molar-refractivity contribution in [2.24, 2.45) is 7.05 Å². The van der Waals surface area contributed by atoms with Crippen LogP contribution in [0.2, 0.25) is 5.15 Å². The van der Waals surface area contributed by atoms with Gasteiger partial charge >= 0.3 is 0 Å². The first-order valence-electron chi connectivity index (χ1n) is 4.02. The molecule has 0 N–H and O–H groups in total. The molecule has 1 nitrogen and oxygen atoms in total. The van der Waals surface area contributed by atoms with Crippen molar-refractivity contribution in [2.45, 2.75) is 6.92 Å². The molecule has 1 heterocycles. The van der Waals surface area contributed by atoms with Gasteiger partial charge in [0, 0.05) is 12.4 Å². The molecule has 0 aliphatic carbocycles. The van der Waals surface area contributed by atoms with Gasteiger partial charge in [0.15, 0.2) is 0 Å². The standard InChI is InChI=1S/C10H9ClFN/c1-6-7-4-3-5-8(12)9(7)13(2)10(6)11/h3-5H,1-2H3. The molecule has 0 spiro atoms. The van der Waals surface area contributed by atoms with Crippen molar-refractivity contribution in [3.05, 3.63) is 34.7 Å². The third-order valence-electron chi connectivity index (χ3n) is 2.33. The molecule has 0 aliphatic heterocycles. The van der Waals surface area contributed by atoms with E-state index in [0.717, 1.165) is 10.9 Å². The number of rotatable bonds is 0. The van der Waals surface area contributed by atoms with E-state index in [2.05, 4.69) is 0 Å². The minimum absolute atomic E-state index is 0.227. The number of hydrogen-bond acceptors (Lipinski definition) is 0. The SMILES string of the molecule is Cc1c(Cl)n(C)c2c(F)cccc12. The zero-order valence-electron chi connectivity index (χ0n) is 7.44. The summed E-state index contributed by atoms with van der Waals surface area (Å²) in [6, 6.07) is 5.01. The molecule has 2 aromatic rings. The normalized spacial score (nSPS) is 11.1. The Morgan fingerprint density at radius 2 is 2.08 bits per heavy atom. The van der Waals surface area contributed by atoms with Crippen molar-refractivity contribution in [3.8, 4) is 0 Å². The largest absolute Gasteiger partial charge is 0.332 e. The fraction of sp³-hybridized carbons (Fsp3) is 0.200. The van der Waals surface area contributed by atoms with Gasteiger partial charge in [-0.1, -0.05) is 23.7 Å². The Morgan fingerprint density at radius 1 is 1.38 bits per heavy atom. The average Bonchev–Trinajstić information content (AvgIpc) is 2.33. The predicted molar refractivity (Wildman–Crippen MR) is 52.6 cm³/mol. The van der Waals surface area contributed by atoms with Crippen molar-refractivity contribution in [2.75, 3.05) is 0 Å². The fourth-order valence-corrected chi connectivity index (χ4v) is 1.81. The minimum atomic E-state index is -0.227. The highest BCUT2D eigenvalue weighted by atomic mass is 35.5. The molecule has 0 unspecified atom stereocenters. The molecule has 0 fully saturated rings. The van der Waals surface area contributed by atoms with E-state index >= 15 is 0 Å². The highest BCUT2D eigenvalue weighted by Gasteiger charge is 2.12. The maximum Gasteiger partial charge on any atom is 0.147 e. The average molecular weight is 198 g/mol. The summed E-state index contributed by atoms with van der Waals surface area (Å²) in [7, 11) is 1.76. The van der Waals surface area contributed by atoms with Crippen molar-refractivity contribution < 1.29 is 4.39 Å². The molecule has 0 amide bonds. The highest BCUT2D eigenvalue weighted by molar-refractivity contribution is 6.32. The van der Waals surface area contributed by atoms with E-state index in [9.17, 15) is 4.39 Å². The van der Waals surface area contributed by atoms with Gasteiger partial charge in [0.25, 0.3) is 0 Å². The lowest BCUT2D eigenvalue weighted by molar-refractivity contribution is 0.632. The van der Waals surface area contributed by atoms with E-state index in [1.165, 1.54) is 6.07 Å². The second-order valence-corrected chi connectivity index (χ2v) is 3.47. The van der Waals surface area contributed by atoms with Gasteiger partial charge in [-0.3, -0.25) is 0 Å². The molecule has 0 saturated heterocycles. The molecule has 0 bridgehead atoms. The van der Waals surface area contributed by atoms with E-state index in [0.29, 0.717) is 10.7 Å². The summed E-state index contributed by atoms with van der Waals surface area (Å²) in [5.41, 5.74) is 1.50. The lowest BCUT2D eigenvalue weighted by Gasteiger charge is -1.97. The van der Waals surface area contributed by atoms with Crippen molar-refractivity contribution in [1.29, 1.82) is 0 Å². The first kappa shape index (κ1) is 8.57. The number of benzene rings is 1. The Kier molecular flexibility index (Phi) is 1.81. The van der Waals surface area contributed by atoms with Crippen molar-refractivity contribution >= 4 is 22.5 Å². The fourth-order valence-electron chi connectivity index (χ4n) is 1.62. The summed E-state index contributed by atoms with van der Waals surface area (Å²) in [5.74, 6) is -0.227. The molecule has 68 valence electrons. The monoisotopic (exact) mass is 197 g/mol. The van der Waals surface area contributed by atoms with Gasteiger partial charge in [0.05, 0.1) is 5.52 Å². The van der Waals surface area contributed by atoms with Gasteiger partial charge < -0.3 is 4.57 Å². The van der Waals surface area contributed by atoms with E-state index in [1.54, 1.807) is 17.7 Å². The second kappa shape index (κ2) is 2.74. The van der Waals surface area contributed by atoms with E-state index in [1.807, 2.05) is 13.0 Å². The van der Waals surface area contributed by atoms with Crippen LogP contribution in [0.4, 0.5) is 4.39 Å². The maximum atomic E-state index is 13.4. The zero-order valence-corrected chi connectivity index (χ0v) is 8.19. The minimum Gasteiger partial charge on any atom is -0.332 e. The van der Waals surface area contributed by atoms with Crippen LogP contribution in [0.3, 0.4) is 0 Å². The predicted octanol–water partition coefficient (Wildman–Crippen LogP) is 3.28. The Labute approximate surface area is 80.7 Å². The molecular formula is C10H9ClFN. The summed E-state index contributed by atoms with van der Waals surface area (Å²) in [6.07, 6.45) is 0. The third-order valence-corrected chi connectivity index (χ3v) is 2.87. The molecule has 0 radical (unpaired) electrons. The van der Waals surface area contributed by atoms with Crippen LogP contribution in [0.5, 0.6) is 0 Å². The Hall–Kier alpha value is -1.02. The first-order chi connectivity index (χ1) is 6.13. The van der Waals surface area contributed by atoms with Gasteiger partial charge in [-0.05, 0) is 18.6 Å². The number of aromatic nitrogens is 1. The molecule has 13 heavy (non-hydrogen) atoms. The molecule has 2 rings (SSSR count). The first-order valence-corrected chi connectivity index (χ1v) is 4.39. The number of nitrogens with zero attached hydrogens (tertiary/aromatic N) is 1. The number of fused-ring (bicyclic) bond motifs is 1. The quantitative estimate of drug-likeness (QED) is 0.611. The van der Waals surface area contributed by atoms with E-state index in [-0.39, 0.29) is 5.82 Å². The molecule has 0 aliphatic rings. The van der Waals surface area contributed by atoms with Gasteiger partial charge in [-0.25, -0.2) is 4.39 Å².